The molecule has 23 aromatic rings. The number of para-hydroxylation sites is 8. The fourth-order valence-corrected chi connectivity index (χ4v) is 18.1. The third-order valence-electron chi connectivity index (χ3n) is 22.9. The van der Waals surface area contributed by atoms with Gasteiger partial charge in [-0.25, -0.2) is 15.0 Å². The zero-order chi connectivity index (χ0) is 74.0. The second-order valence-corrected chi connectivity index (χ2v) is 28.9. The molecule has 0 saturated heterocycles. The van der Waals surface area contributed by atoms with Gasteiger partial charge in [0.25, 0.3) is 0 Å². The average Bonchev–Trinajstić information content (AvgIpc) is 1.37. The molecule has 9 nitrogen and oxygen atoms in total. The maximum atomic E-state index is 17.5. The van der Waals surface area contributed by atoms with Gasteiger partial charge in [0.2, 0.25) is 0 Å². The molecule has 7 aromatic heterocycles. The molecule has 0 atom stereocenters. The Morgan fingerprint density at radius 1 is 0.196 bits per heavy atom. The van der Waals surface area contributed by atoms with E-state index in [2.05, 4.69) is 294 Å². The van der Waals surface area contributed by atoms with Gasteiger partial charge in [-0.1, -0.05) is 212 Å². The van der Waals surface area contributed by atoms with Crippen molar-refractivity contribution in [3.8, 4) is 79.4 Å². The monoisotopic (exact) mass is 1440 g/mol. The zero-order valence-corrected chi connectivity index (χ0v) is 59.8. The first-order valence-electron chi connectivity index (χ1n) is 37.6. The van der Waals surface area contributed by atoms with Crippen molar-refractivity contribution in [1.82, 2.24) is 42.4 Å². The van der Waals surface area contributed by atoms with Gasteiger partial charge < -0.3 is 27.4 Å². The summed E-state index contributed by atoms with van der Waals surface area (Å²) in [6, 6.07) is 124. The van der Waals surface area contributed by atoms with Crippen LogP contribution in [0.2, 0.25) is 0 Å². The van der Waals surface area contributed by atoms with E-state index in [1.54, 1.807) is 6.07 Å². The highest BCUT2D eigenvalue weighted by Gasteiger charge is 2.37. The summed E-state index contributed by atoms with van der Waals surface area (Å²) >= 11 is 0. The molecular weight excluding hydrogens is 1380 g/mol. The van der Waals surface area contributed by atoms with Crippen molar-refractivity contribution in [2.24, 2.45) is 0 Å². The predicted octanol–water partition coefficient (Wildman–Crippen LogP) is 26.1. The number of halogens is 3. The highest BCUT2D eigenvalue weighted by Crippen LogP contribution is 2.50. The van der Waals surface area contributed by atoms with E-state index in [1.165, 1.54) is 6.07 Å². The predicted molar refractivity (Wildman–Crippen MR) is 453 cm³/mol. The first kappa shape index (κ1) is 63.2. The van der Waals surface area contributed by atoms with Crippen molar-refractivity contribution in [3.05, 3.63) is 370 Å². The van der Waals surface area contributed by atoms with E-state index in [0.717, 1.165) is 154 Å². The van der Waals surface area contributed by atoms with Crippen molar-refractivity contribution in [1.29, 1.82) is 0 Å². The van der Waals surface area contributed by atoms with Gasteiger partial charge in [-0.05, 0) is 152 Å². The van der Waals surface area contributed by atoms with Crippen LogP contribution in [-0.4, -0.2) is 42.4 Å². The van der Waals surface area contributed by atoms with Crippen LogP contribution >= 0.6 is 0 Å². The minimum atomic E-state index is -4.91. The molecule has 7 heterocycles. The lowest BCUT2D eigenvalue weighted by molar-refractivity contribution is -0.137. The largest absolute Gasteiger partial charge is 0.417 e. The Kier molecular flexibility index (Phi) is 13.7. The van der Waals surface area contributed by atoms with Crippen molar-refractivity contribution >= 4 is 131 Å². The van der Waals surface area contributed by atoms with Crippen LogP contribution in [0.15, 0.2) is 364 Å². The van der Waals surface area contributed by atoms with Gasteiger partial charge in [0.1, 0.15) is 0 Å². The number of rotatable bonds is 10. The van der Waals surface area contributed by atoms with Gasteiger partial charge in [-0.2, -0.15) is 13.2 Å². The summed E-state index contributed by atoms with van der Waals surface area (Å²) in [7, 11) is 0. The third kappa shape index (κ3) is 9.48. The molecular formula is C100H60F3N9. The van der Waals surface area contributed by atoms with E-state index in [0.29, 0.717) is 45.2 Å². The fourth-order valence-electron chi connectivity index (χ4n) is 18.1. The average molecular weight is 1440 g/mol. The summed E-state index contributed by atoms with van der Waals surface area (Å²) in [4.78, 5) is 15.6. The topological polar surface area (TPSA) is 68.2 Å². The molecule has 0 amide bonds. The Morgan fingerprint density at radius 2 is 0.464 bits per heavy atom. The van der Waals surface area contributed by atoms with Gasteiger partial charge in [-0.15, -0.1) is 0 Å². The van der Waals surface area contributed by atoms with E-state index < -0.39 is 11.7 Å². The van der Waals surface area contributed by atoms with Gasteiger partial charge in [0, 0.05) is 115 Å². The minimum absolute atomic E-state index is 0.0389. The summed E-state index contributed by atoms with van der Waals surface area (Å²) < 4.78 is 66.1. The SMILES string of the molecule is FC(F)(F)c1cccc(-n2c3ccc(-n4c5ccccc5c5ccccc54)cc3c3cc(-n4c5ccccc5c5ccccc54)ccc32)c1-c1cc(-c2nc(-c3ccccc3)nc(-c3ccccc3)n2)ccc1-n1c2ccc(-n3c4ccccc4c4ccccc43)cc2c2cc(-n3c4ccccc4c4ccccc43)ccc21. The molecule has 0 bridgehead atoms. The molecule has 12 heteroatoms. The lowest BCUT2D eigenvalue weighted by Gasteiger charge is -2.23. The Morgan fingerprint density at radius 3 is 0.768 bits per heavy atom. The molecule has 0 spiro atoms. The number of hydrogen-bond acceptors (Lipinski definition) is 3. The Balaban J connectivity index is 0.839. The van der Waals surface area contributed by atoms with Crippen LogP contribution in [0.5, 0.6) is 0 Å². The van der Waals surface area contributed by atoms with Crippen LogP contribution in [0.25, 0.3) is 210 Å². The summed E-state index contributed by atoms with van der Waals surface area (Å²) in [6.07, 6.45) is -4.91. The summed E-state index contributed by atoms with van der Waals surface area (Å²) in [5.74, 6) is 1.11. The zero-order valence-electron chi connectivity index (χ0n) is 59.8. The molecule has 0 aliphatic carbocycles. The Bertz CT molecular complexity index is 7270. The molecule has 23 rings (SSSR count). The highest BCUT2D eigenvalue weighted by atomic mass is 19.4. The first-order chi connectivity index (χ1) is 55.2. The second-order valence-electron chi connectivity index (χ2n) is 28.9. The summed E-state index contributed by atoms with van der Waals surface area (Å²) in [6.45, 7) is 0. The number of hydrogen-bond donors (Lipinski definition) is 0. The normalized spacial score (nSPS) is 12.2. The maximum Gasteiger partial charge on any atom is 0.417 e. The molecule has 0 N–H and O–H groups in total. The standard InChI is InChI=1S/C100H60F3N9/c101-100(102,103)81-36-23-45-95(112-92-54-49-66(109-86-41-19-11-32-72(86)73-33-12-20-42-87(73)109)59-78(92)79-60-67(50-55-93(79)112)110-88-43-21-13-34-74(88)75-35-14-22-44-89(75)110)96(81)80-56-63(99-105-97(61-24-3-1-4-25-61)104-98(106-99)62-26-5-2-6-27-62)46-51-94(80)111-90-52-47-64(107-82-37-15-7-28-68(82)69-29-8-16-38-83(69)107)57-76(90)77-58-65(48-53-91(77)111)108-84-39-17-9-30-70(84)71-31-10-18-40-85(71)108/h1-60H. The molecule has 0 fully saturated rings. The van der Waals surface area contributed by atoms with Crippen LogP contribution in [0.1, 0.15) is 5.56 Å². The van der Waals surface area contributed by atoms with Gasteiger partial charge in [-0.3, -0.25) is 0 Å². The molecule has 526 valence electrons. The van der Waals surface area contributed by atoms with Crippen molar-refractivity contribution in [3.63, 3.8) is 0 Å². The van der Waals surface area contributed by atoms with Crippen LogP contribution < -0.4 is 0 Å². The quantitative estimate of drug-likeness (QED) is 0.137. The van der Waals surface area contributed by atoms with Crippen LogP contribution in [-0.2, 0) is 6.18 Å². The van der Waals surface area contributed by atoms with Crippen molar-refractivity contribution < 1.29 is 13.2 Å². The van der Waals surface area contributed by atoms with Crippen LogP contribution in [0.4, 0.5) is 13.2 Å². The smallest absolute Gasteiger partial charge is 0.309 e. The van der Waals surface area contributed by atoms with Crippen LogP contribution in [0.3, 0.4) is 0 Å². The second kappa shape index (κ2) is 24.3. The third-order valence-corrected chi connectivity index (χ3v) is 22.9. The van der Waals surface area contributed by atoms with E-state index in [4.69, 9.17) is 15.0 Å². The molecule has 112 heavy (non-hydrogen) atoms. The summed E-state index contributed by atoms with van der Waals surface area (Å²) in [5.41, 5.74) is 17.2. The number of nitrogens with zero attached hydrogens (tertiary/aromatic N) is 9. The van der Waals surface area contributed by atoms with Gasteiger partial charge >= 0.3 is 6.18 Å². The van der Waals surface area contributed by atoms with Gasteiger partial charge in [0.15, 0.2) is 17.5 Å². The fraction of sp³-hybridized carbons (Fsp3) is 0.0100. The van der Waals surface area contributed by atoms with Crippen molar-refractivity contribution in [2.75, 3.05) is 0 Å². The molecule has 0 radical (unpaired) electrons. The summed E-state index contributed by atoms with van der Waals surface area (Å²) in [5, 5.41) is 12.4. The van der Waals surface area contributed by atoms with E-state index in [9.17, 15) is 0 Å². The lowest BCUT2D eigenvalue weighted by atomic mass is 9.93. The number of benzene rings is 16. The highest BCUT2D eigenvalue weighted by molar-refractivity contribution is 6.18. The number of fused-ring (bicyclic) bond motifs is 18. The number of alkyl halides is 3. The minimum Gasteiger partial charge on any atom is -0.309 e. The van der Waals surface area contributed by atoms with Crippen molar-refractivity contribution in [2.45, 2.75) is 6.18 Å². The maximum absolute atomic E-state index is 17.5. The van der Waals surface area contributed by atoms with Crippen LogP contribution in [0, 0.1) is 0 Å². The Hall–Kier alpha value is -14.9. The Labute approximate surface area is 637 Å². The molecule has 0 aliphatic rings. The number of aromatic nitrogens is 9. The molecule has 0 aliphatic heterocycles. The first-order valence-corrected chi connectivity index (χ1v) is 37.6. The van der Waals surface area contributed by atoms with E-state index in [-0.39, 0.29) is 11.4 Å². The van der Waals surface area contributed by atoms with Gasteiger partial charge in [0.05, 0.1) is 83.1 Å². The molecule has 0 unspecified atom stereocenters. The van der Waals surface area contributed by atoms with E-state index in [1.807, 2.05) is 84.9 Å². The molecule has 16 aromatic carbocycles. The molecule has 0 saturated carbocycles. The lowest BCUT2D eigenvalue weighted by Crippen LogP contribution is -2.11. The van der Waals surface area contributed by atoms with E-state index >= 15 is 13.2 Å².